The normalized spacial score (nSPS) is 11.4. The first-order valence-electron chi connectivity index (χ1n) is 9.92. The van der Waals surface area contributed by atoms with Gasteiger partial charge in [0.25, 0.3) is 5.56 Å². The van der Waals surface area contributed by atoms with Gasteiger partial charge in [-0.3, -0.25) is 9.59 Å². The second-order valence-electron chi connectivity index (χ2n) is 7.11. The van der Waals surface area contributed by atoms with Crippen molar-refractivity contribution in [3.05, 3.63) is 70.0 Å². The molecule has 33 heavy (non-hydrogen) atoms. The van der Waals surface area contributed by atoms with E-state index in [1.165, 1.54) is 31.5 Å². The molecule has 11 heteroatoms. The van der Waals surface area contributed by atoms with E-state index in [-0.39, 0.29) is 22.1 Å². The number of hydrogen-bond donors (Lipinski definition) is 1. The van der Waals surface area contributed by atoms with E-state index in [1.54, 1.807) is 13.0 Å². The number of sulfonamides is 1. The summed E-state index contributed by atoms with van der Waals surface area (Å²) < 4.78 is 31.8. The van der Waals surface area contributed by atoms with Crippen LogP contribution in [0.3, 0.4) is 0 Å². The number of benzene rings is 1. The highest BCUT2D eigenvalue weighted by Gasteiger charge is 2.21. The van der Waals surface area contributed by atoms with Crippen LogP contribution in [0, 0.1) is 0 Å². The molecule has 1 aromatic carbocycles. The highest BCUT2D eigenvalue weighted by molar-refractivity contribution is 7.89. The summed E-state index contributed by atoms with van der Waals surface area (Å²) in [4.78, 5) is 38.2. The van der Waals surface area contributed by atoms with Gasteiger partial charge >= 0.3 is 5.97 Å². The van der Waals surface area contributed by atoms with Gasteiger partial charge in [-0.05, 0) is 24.6 Å². The van der Waals surface area contributed by atoms with E-state index in [0.29, 0.717) is 0 Å². The van der Waals surface area contributed by atoms with Gasteiger partial charge < -0.3 is 14.6 Å². The van der Waals surface area contributed by atoms with Crippen molar-refractivity contribution in [2.45, 2.75) is 18.4 Å². The summed E-state index contributed by atoms with van der Waals surface area (Å²) in [7, 11) is -1.04. The van der Waals surface area contributed by atoms with Gasteiger partial charge in [-0.25, -0.2) is 17.5 Å². The number of ether oxygens (including phenoxy) is 1. The van der Waals surface area contributed by atoms with E-state index in [9.17, 15) is 22.8 Å². The van der Waals surface area contributed by atoms with Crippen molar-refractivity contribution in [1.82, 2.24) is 8.87 Å². The standard InChI is InChI=1S/C22H23N3O6S2/c1-4-31-22(28)21-17(12-18(32-21)15-8-6-5-7-9-15)23-19(26)14-25-13-16(10-11-20(25)27)33(29,30)24(2)3/h5-13H,4,14H2,1-3H3,(H,23,26). The van der Waals surface area contributed by atoms with E-state index >= 15 is 0 Å². The largest absolute Gasteiger partial charge is 0.462 e. The first-order chi connectivity index (χ1) is 15.6. The first-order valence-corrected chi connectivity index (χ1v) is 12.2. The fourth-order valence-electron chi connectivity index (χ4n) is 2.92. The monoisotopic (exact) mass is 489 g/mol. The Kier molecular flexibility index (Phi) is 7.46. The van der Waals surface area contributed by atoms with Crippen molar-refractivity contribution in [3.8, 4) is 10.4 Å². The zero-order chi connectivity index (χ0) is 24.2. The Morgan fingerprint density at radius 2 is 1.82 bits per heavy atom. The fourth-order valence-corrected chi connectivity index (χ4v) is 4.85. The number of pyridine rings is 1. The van der Waals surface area contributed by atoms with Crippen LogP contribution < -0.4 is 10.9 Å². The lowest BCUT2D eigenvalue weighted by molar-refractivity contribution is -0.116. The molecule has 0 aliphatic rings. The Hall–Kier alpha value is -3.28. The van der Waals surface area contributed by atoms with Gasteiger partial charge in [-0.1, -0.05) is 30.3 Å². The maximum absolute atomic E-state index is 12.7. The highest BCUT2D eigenvalue weighted by Crippen LogP contribution is 2.35. The summed E-state index contributed by atoms with van der Waals surface area (Å²) in [5.74, 6) is -1.17. The molecule has 0 saturated carbocycles. The summed E-state index contributed by atoms with van der Waals surface area (Å²) in [6, 6.07) is 13.3. The zero-order valence-electron chi connectivity index (χ0n) is 18.3. The second-order valence-corrected chi connectivity index (χ2v) is 10.3. The Labute approximate surface area is 195 Å². The number of amides is 1. The summed E-state index contributed by atoms with van der Waals surface area (Å²) in [6.07, 6.45) is 1.12. The van der Waals surface area contributed by atoms with Crippen LogP contribution in [0.1, 0.15) is 16.6 Å². The predicted molar refractivity (Wildman–Crippen MR) is 126 cm³/mol. The molecule has 0 fully saturated rings. The van der Waals surface area contributed by atoms with Crippen LogP contribution >= 0.6 is 11.3 Å². The lowest BCUT2D eigenvalue weighted by Gasteiger charge is -2.13. The third-order valence-corrected chi connectivity index (χ3v) is 7.54. The zero-order valence-corrected chi connectivity index (χ0v) is 19.9. The van der Waals surface area contributed by atoms with Crippen molar-refractivity contribution >= 4 is 38.9 Å². The van der Waals surface area contributed by atoms with E-state index in [2.05, 4.69) is 5.32 Å². The molecule has 9 nitrogen and oxygen atoms in total. The number of carbonyl (C=O) groups is 2. The van der Waals surface area contributed by atoms with Gasteiger partial charge in [0.1, 0.15) is 11.4 Å². The smallest absolute Gasteiger partial charge is 0.350 e. The predicted octanol–water partition coefficient (Wildman–Crippen LogP) is 2.64. The van der Waals surface area contributed by atoms with Gasteiger partial charge in [0, 0.05) is 31.2 Å². The molecule has 0 radical (unpaired) electrons. The SMILES string of the molecule is CCOC(=O)c1sc(-c2ccccc2)cc1NC(=O)Cn1cc(S(=O)(=O)N(C)C)ccc1=O. The van der Waals surface area contributed by atoms with E-state index in [0.717, 1.165) is 31.6 Å². The van der Waals surface area contributed by atoms with Gasteiger partial charge in [0.15, 0.2) is 0 Å². The molecule has 0 aliphatic heterocycles. The molecule has 174 valence electrons. The fraction of sp³-hybridized carbons (Fsp3) is 0.227. The van der Waals surface area contributed by atoms with E-state index < -0.39 is 34.0 Å². The highest BCUT2D eigenvalue weighted by atomic mass is 32.2. The minimum Gasteiger partial charge on any atom is -0.462 e. The van der Waals surface area contributed by atoms with Gasteiger partial charge in [0.05, 0.1) is 17.2 Å². The molecule has 1 amide bonds. The number of thiophene rings is 1. The van der Waals surface area contributed by atoms with Gasteiger partial charge in [-0.2, -0.15) is 0 Å². The molecule has 3 aromatic rings. The molecule has 3 rings (SSSR count). The second kappa shape index (κ2) is 10.1. The number of anilines is 1. The van der Waals surface area contributed by atoms with Gasteiger partial charge in [0.2, 0.25) is 15.9 Å². The Bertz CT molecular complexity index is 1330. The first kappa shape index (κ1) is 24.4. The molecule has 0 unspecified atom stereocenters. The van der Waals surface area contributed by atoms with Crippen LogP contribution in [0.25, 0.3) is 10.4 Å². The summed E-state index contributed by atoms with van der Waals surface area (Å²) in [5.41, 5.74) is 0.586. The number of esters is 1. The van der Waals surface area contributed by atoms with Crippen molar-refractivity contribution in [3.63, 3.8) is 0 Å². The topological polar surface area (TPSA) is 115 Å². The Morgan fingerprint density at radius 3 is 2.45 bits per heavy atom. The third-order valence-electron chi connectivity index (χ3n) is 4.57. The van der Waals surface area contributed by atoms with E-state index in [1.807, 2.05) is 30.3 Å². The average Bonchev–Trinajstić information content (AvgIpc) is 3.19. The van der Waals surface area contributed by atoms with Gasteiger partial charge in [-0.15, -0.1) is 11.3 Å². The van der Waals surface area contributed by atoms with Crippen LogP contribution in [0.5, 0.6) is 0 Å². The molecule has 2 heterocycles. The number of rotatable bonds is 8. The summed E-state index contributed by atoms with van der Waals surface area (Å²) in [5, 5.41) is 2.65. The molecule has 0 bridgehead atoms. The quantitative estimate of drug-likeness (QED) is 0.487. The Morgan fingerprint density at radius 1 is 1.12 bits per heavy atom. The molecular formula is C22H23N3O6S2. The van der Waals surface area contributed by atoms with Crippen LogP contribution in [0.15, 0.2) is 64.4 Å². The molecule has 0 saturated heterocycles. The number of carbonyl (C=O) groups excluding carboxylic acids is 2. The lowest BCUT2D eigenvalue weighted by atomic mass is 10.2. The third kappa shape index (κ3) is 5.56. The molecule has 2 aromatic heterocycles. The average molecular weight is 490 g/mol. The Balaban J connectivity index is 1.89. The number of nitrogens with one attached hydrogen (secondary N) is 1. The number of nitrogens with zero attached hydrogens (tertiary/aromatic N) is 2. The van der Waals surface area contributed by atoms with Crippen molar-refractivity contribution < 1.29 is 22.7 Å². The molecular weight excluding hydrogens is 466 g/mol. The summed E-state index contributed by atoms with van der Waals surface area (Å²) in [6.45, 7) is 1.42. The van der Waals surface area contributed by atoms with Crippen LogP contribution in [0.4, 0.5) is 5.69 Å². The molecule has 0 atom stereocenters. The number of hydrogen-bond acceptors (Lipinski definition) is 7. The van der Waals surface area contributed by atoms with Crippen LogP contribution in [-0.2, 0) is 26.1 Å². The minimum atomic E-state index is -3.78. The summed E-state index contributed by atoms with van der Waals surface area (Å²) >= 11 is 1.18. The minimum absolute atomic E-state index is 0.117. The molecule has 0 spiro atoms. The van der Waals surface area contributed by atoms with Crippen molar-refractivity contribution in [2.75, 3.05) is 26.0 Å². The van der Waals surface area contributed by atoms with Crippen molar-refractivity contribution in [2.24, 2.45) is 0 Å². The number of aromatic nitrogens is 1. The van der Waals surface area contributed by atoms with Crippen LogP contribution in [0.2, 0.25) is 0 Å². The maximum atomic E-state index is 12.7. The molecule has 1 N–H and O–H groups in total. The maximum Gasteiger partial charge on any atom is 0.350 e. The van der Waals surface area contributed by atoms with Crippen LogP contribution in [-0.4, -0.2) is 49.9 Å². The van der Waals surface area contributed by atoms with E-state index in [4.69, 9.17) is 4.74 Å². The molecule has 0 aliphatic carbocycles. The lowest BCUT2D eigenvalue weighted by Crippen LogP contribution is -2.29. The van der Waals surface area contributed by atoms with Crippen molar-refractivity contribution in [1.29, 1.82) is 0 Å².